The summed E-state index contributed by atoms with van der Waals surface area (Å²) in [6, 6.07) is 8.32. The topological polar surface area (TPSA) is 83.6 Å². The first-order chi connectivity index (χ1) is 12.6. The Balaban J connectivity index is 2.00. The van der Waals surface area contributed by atoms with Gasteiger partial charge >= 0.3 is 0 Å². The molecule has 2 aromatic carbocycles. The Morgan fingerprint density at radius 1 is 1.07 bits per heavy atom. The fourth-order valence-electron chi connectivity index (χ4n) is 3.33. The summed E-state index contributed by atoms with van der Waals surface area (Å²) in [6.45, 7) is 3.62. The van der Waals surface area contributed by atoms with Gasteiger partial charge in [0.05, 0.1) is 22.0 Å². The van der Waals surface area contributed by atoms with E-state index < -0.39 is 25.9 Å². The molecule has 1 aliphatic heterocycles. The van der Waals surface area contributed by atoms with Crippen molar-refractivity contribution in [2.45, 2.75) is 31.6 Å². The highest BCUT2D eigenvalue weighted by molar-refractivity contribution is 7.93. The summed E-state index contributed by atoms with van der Waals surface area (Å²) in [5.74, 6) is -0.457. The molecule has 0 aromatic heterocycles. The molecule has 146 valence electrons. The molecule has 6 nitrogen and oxygen atoms in total. The van der Waals surface area contributed by atoms with E-state index in [4.69, 9.17) is 0 Å². The van der Waals surface area contributed by atoms with Gasteiger partial charge in [-0.3, -0.25) is 9.03 Å². The van der Waals surface area contributed by atoms with Crippen molar-refractivity contribution in [1.29, 1.82) is 0 Å². The number of aryl methyl sites for hydroxylation is 2. The average Bonchev–Trinajstić information content (AvgIpc) is 2.52. The van der Waals surface area contributed by atoms with Crippen molar-refractivity contribution >= 4 is 31.4 Å². The fraction of sp³-hybridized carbons (Fsp3) is 0.333. The van der Waals surface area contributed by atoms with Crippen LogP contribution in [0.1, 0.15) is 24.0 Å². The maximum absolute atomic E-state index is 13.3. The van der Waals surface area contributed by atoms with Crippen molar-refractivity contribution in [2.75, 3.05) is 21.3 Å². The van der Waals surface area contributed by atoms with Gasteiger partial charge in [0.15, 0.2) is 0 Å². The van der Waals surface area contributed by atoms with Crippen molar-refractivity contribution in [3.8, 4) is 0 Å². The van der Waals surface area contributed by atoms with E-state index in [2.05, 4.69) is 4.72 Å². The average molecular weight is 413 g/mol. The number of anilines is 2. The van der Waals surface area contributed by atoms with Gasteiger partial charge in [-0.15, -0.1) is 0 Å². The summed E-state index contributed by atoms with van der Waals surface area (Å²) in [5, 5.41) is 0. The van der Waals surface area contributed by atoms with Gasteiger partial charge < -0.3 is 0 Å². The molecule has 1 heterocycles. The zero-order valence-electron chi connectivity index (χ0n) is 15.1. The lowest BCUT2D eigenvalue weighted by atomic mass is 10.1. The lowest BCUT2D eigenvalue weighted by Crippen LogP contribution is -2.38. The third kappa shape index (κ3) is 4.08. The van der Waals surface area contributed by atoms with Gasteiger partial charge in [0.25, 0.3) is 10.0 Å². The number of nitrogens with one attached hydrogen (secondary N) is 1. The lowest BCUT2D eigenvalue weighted by Gasteiger charge is -2.29. The SMILES string of the molecule is Cc1cc(N2CCCCS2(=O)=O)cc(C)c1S(=O)(=O)Nc1cccc(F)c1. The predicted molar refractivity (Wildman–Crippen MR) is 103 cm³/mol. The Morgan fingerprint density at radius 3 is 2.33 bits per heavy atom. The summed E-state index contributed by atoms with van der Waals surface area (Å²) >= 11 is 0. The molecule has 0 atom stereocenters. The van der Waals surface area contributed by atoms with E-state index in [0.717, 1.165) is 12.5 Å². The molecule has 0 unspecified atom stereocenters. The Kier molecular flexibility index (Phi) is 5.18. The smallest absolute Gasteiger partial charge is 0.262 e. The number of nitrogens with zero attached hydrogens (tertiary/aromatic N) is 1. The van der Waals surface area contributed by atoms with Crippen LogP contribution in [0.3, 0.4) is 0 Å². The van der Waals surface area contributed by atoms with Gasteiger partial charge in [-0.2, -0.15) is 0 Å². The van der Waals surface area contributed by atoms with Gasteiger partial charge in [0.2, 0.25) is 10.0 Å². The molecule has 0 spiro atoms. The van der Waals surface area contributed by atoms with Crippen molar-refractivity contribution in [2.24, 2.45) is 0 Å². The van der Waals surface area contributed by atoms with Gasteiger partial charge in [-0.05, 0) is 68.1 Å². The van der Waals surface area contributed by atoms with Gasteiger partial charge in [0.1, 0.15) is 5.82 Å². The van der Waals surface area contributed by atoms with E-state index in [9.17, 15) is 21.2 Å². The molecule has 9 heteroatoms. The molecule has 0 amide bonds. The van der Waals surface area contributed by atoms with Crippen LogP contribution in [0.15, 0.2) is 41.3 Å². The predicted octanol–water partition coefficient (Wildman–Crippen LogP) is 3.17. The summed E-state index contributed by atoms with van der Waals surface area (Å²) in [5.41, 5.74) is 1.44. The number of hydrogen-bond donors (Lipinski definition) is 1. The molecule has 0 saturated carbocycles. The number of rotatable bonds is 4. The van der Waals surface area contributed by atoms with E-state index in [1.807, 2.05) is 0 Å². The molecular weight excluding hydrogens is 391 g/mol. The van der Waals surface area contributed by atoms with Crippen molar-refractivity contribution < 1.29 is 21.2 Å². The zero-order valence-corrected chi connectivity index (χ0v) is 16.7. The summed E-state index contributed by atoms with van der Waals surface area (Å²) in [4.78, 5) is 0.0601. The summed E-state index contributed by atoms with van der Waals surface area (Å²) in [6.07, 6.45) is 1.39. The van der Waals surface area contributed by atoms with Crippen LogP contribution in [0.2, 0.25) is 0 Å². The Labute approximate surface area is 159 Å². The molecule has 0 bridgehead atoms. The first kappa shape index (κ1) is 19.6. The third-order valence-corrected chi connectivity index (χ3v) is 7.98. The monoisotopic (exact) mass is 412 g/mol. The molecule has 1 N–H and O–H groups in total. The first-order valence-corrected chi connectivity index (χ1v) is 11.6. The molecular formula is C18H21FN2O4S2. The highest BCUT2D eigenvalue weighted by atomic mass is 32.2. The summed E-state index contributed by atoms with van der Waals surface area (Å²) < 4.78 is 67.3. The second-order valence-electron chi connectivity index (χ2n) is 6.62. The van der Waals surface area contributed by atoms with Crippen molar-refractivity contribution in [1.82, 2.24) is 0 Å². The van der Waals surface area contributed by atoms with Crippen LogP contribution in [0.25, 0.3) is 0 Å². The van der Waals surface area contributed by atoms with E-state index in [1.54, 1.807) is 26.0 Å². The number of benzene rings is 2. The number of halogens is 1. The molecule has 27 heavy (non-hydrogen) atoms. The molecule has 2 aromatic rings. The minimum absolute atomic E-state index is 0.0601. The van der Waals surface area contributed by atoms with Crippen LogP contribution < -0.4 is 9.03 Å². The van der Waals surface area contributed by atoms with Crippen molar-refractivity contribution in [3.05, 3.63) is 53.3 Å². The largest absolute Gasteiger partial charge is 0.280 e. The van der Waals surface area contributed by atoms with Crippen LogP contribution >= 0.6 is 0 Å². The van der Waals surface area contributed by atoms with Crippen LogP contribution in [-0.2, 0) is 20.0 Å². The highest BCUT2D eigenvalue weighted by Gasteiger charge is 2.28. The third-order valence-electron chi connectivity index (χ3n) is 4.43. The second-order valence-corrected chi connectivity index (χ2v) is 10.3. The minimum atomic E-state index is -3.95. The Morgan fingerprint density at radius 2 is 1.74 bits per heavy atom. The summed E-state index contributed by atoms with van der Waals surface area (Å²) in [7, 11) is -7.34. The van der Waals surface area contributed by atoms with E-state index in [-0.39, 0.29) is 16.3 Å². The molecule has 0 aliphatic carbocycles. The number of sulfonamides is 2. The van der Waals surface area contributed by atoms with E-state index in [0.29, 0.717) is 29.8 Å². The Hall–Kier alpha value is -2.13. The van der Waals surface area contributed by atoms with Gasteiger partial charge in [-0.25, -0.2) is 21.2 Å². The second kappa shape index (κ2) is 7.12. The molecule has 0 radical (unpaired) electrons. The molecule has 1 aliphatic rings. The normalized spacial score (nSPS) is 16.9. The quantitative estimate of drug-likeness (QED) is 0.836. The first-order valence-electron chi connectivity index (χ1n) is 8.50. The molecule has 3 rings (SSSR count). The lowest BCUT2D eigenvalue weighted by molar-refractivity contribution is 0.574. The van der Waals surface area contributed by atoms with Crippen LogP contribution in [-0.4, -0.2) is 29.1 Å². The van der Waals surface area contributed by atoms with E-state index in [1.165, 1.54) is 22.5 Å². The fourth-order valence-corrected chi connectivity index (χ4v) is 6.46. The highest BCUT2D eigenvalue weighted by Crippen LogP contribution is 2.31. The van der Waals surface area contributed by atoms with E-state index >= 15 is 0 Å². The van der Waals surface area contributed by atoms with Gasteiger partial charge in [-0.1, -0.05) is 6.07 Å². The van der Waals surface area contributed by atoms with Crippen molar-refractivity contribution in [3.63, 3.8) is 0 Å². The van der Waals surface area contributed by atoms with Gasteiger partial charge in [0, 0.05) is 6.54 Å². The maximum Gasteiger partial charge on any atom is 0.262 e. The van der Waals surface area contributed by atoms with Crippen LogP contribution in [0.5, 0.6) is 0 Å². The molecule has 1 saturated heterocycles. The molecule has 1 fully saturated rings. The standard InChI is InChI=1S/C18H21FN2O4S2/c1-13-10-17(21-8-3-4-9-26(21,22)23)11-14(2)18(13)27(24,25)20-16-7-5-6-15(19)12-16/h5-7,10-12,20H,3-4,8-9H2,1-2H3. The van der Waals surface area contributed by atoms with Crippen LogP contribution in [0.4, 0.5) is 15.8 Å². The minimum Gasteiger partial charge on any atom is -0.280 e. The Bertz CT molecular complexity index is 1060. The number of hydrogen-bond acceptors (Lipinski definition) is 4. The maximum atomic E-state index is 13.3. The van der Waals surface area contributed by atoms with Crippen LogP contribution in [0, 0.1) is 19.7 Å². The zero-order chi connectivity index (χ0) is 19.8.